The van der Waals surface area contributed by atoms with Crippen LogP contribution in [0.15, 0.2) is 24.3 Å². The molecule has 0 spiro atoms. The minimum absolute atomic E-state index is 0.345. The summed E-state index contributed by atoms with van der Waals surface area (Å²) >= 11 is 6.84. The van der Waals surface area contributed by atoms with E-state index in [0.717, 1.165) is 16.2 Å². The van der Waals surface area contributed by atoms with Gasteiger partial charge in [0.25, 0.3) is 0 Å². The van der Waals surface area contributed by atoms with Crippen molar-refractivity contribution in [3.8, 4) is 0 Å². The number of nitrogens with zero attached hydrogens (tertiary/aromatic N) is 1. The van der Waals surface area contributed by atoms with Crippen LogP contribution in [0.1, 0.15) is 22.5 Å². The largest absolute Gasteiger partial charge is 0.456 e. The number of Topliss-reactive ketones (excluding diaryl/α,β-unsaturated/α-hetero) is 1. The maximum absolute atomic E-state index is 12.2. The maximum Gasteiger partial charge on any atom is 0.326 e. The molecule has 1 aromatic heterocycles. The lowest BCUT2D eigenvalue weighted by molar-refractivity contribution is -0.152. The van der Waals surface area contributed by atoms with Crippen LogP contribution in [0.3, 0.4) is 0 Å². The van der Waals surface area contributed by atoms with Gasteiger partial charge in [-0.2, -0.15) is 0 Å². The van der Waals surface area contributed by atoms with E-state index in [1.54, 1.807) is 12.1 Å². The number of ether oxygens (including phenoxy) is 1. The number of thiophene rings is 1. The summed E-state index contributed by atoms with van der Waals surface area (Å²) in [6.07, 6.45) is 4.77. The molecule has 2 amide bonds. The summed E-state index contributed by atoms with van der Waals surface area (Å²) in [6, 6.07) is 3.13. The van der Waals surface area contributed by atoms with Crippen molar-refractivity contribution < 1.29 is 23.9 Å². The molecule has 0 aromatic carbocycles. The third kappa shape index (κ3) is 3.27. The Morgan fingerprint density at radius 3 is 2.33 bits per heavy atom. The Hall–Kier alpha value is -1.99. The summed E-state index contributed by atoms with van der Waals surface area (Å²) in [6.45, 7) is -0.899. The fraction of sp³-hybridized carbons (Fsp3) is 0.375. The summed E-state index contributed by atoms with van der Waals surface area (Å²) in [5, 5.41) is 0. The van der Waals surface area contributed by atoms with E-state index < -0.39 is 19.1 Å². The highest BCUT2D eigenvalue weighted by molar-refractivity contribution is 7.18. The van der Waals surface area contributed by atoms with Gasteiger partial charge in [0, 0.05) is 0 Å². The Kier molecular flexibility index (Phi) is 4.82. The molecular weight excluding hydrogens is 354 g/mol. The van der Waals surface area contributed by atoms with Crippen molar-refractivity contribution in [3.05, 3.63) is 33.5 Å². The number of carbonyl (C=O) groups excluding carboxylic acids is 4. The molecule has 0 N–H and O–H groups in total. The van der Waals surface area contributed by atoms with Crippen molar-refractivity contribution in [2.45, 2.75) is 12.8 Å². The number of halogens is 1. The Morgan fingerprint density at radius 2 is 1.79 bits per heavy atom. The van der Waals surface area contributed by atoms with Crippen molar-refractivity contribution in [2.75, 3.05) is 13.2 Å². The van der Waals surface area contributed by atoms with Crippen LogP contribution in [-0.4, -0.2) is 41.6 Å². The lowest BCUT2D eigenvalue weighted by Gasteiger charge is -2.14. The van der Waals surface area contributed by atoms with Crippen molar-refractivity contribution >= 4 is 46.5 Å². The van der Waals surface area contributed by atoms with E-state index >= 15 is 0 Å². The molecule has 1 aromatic rings. The lowest BCUT2D eigenvalue weighted by atomic mass is 9.85. The average molecular weight is 368 g/mol. The Labute approximate surface area is 147 Å². The third-order valence-electron chi connectivity index (χ3n) is 4.10. The van der Waals surface area contributed by atoms with Gasteiger partial charge in [0.2, 0.25) is 17.6 Å². The quantitative estimate of drug-likeness (QED) is 0.344. The number of likely N-dealkylation sites (tertiary alicyclic amines) is 1. The number of carbonyl (C=O) groups is 4. The topological polar surface area (TPSA) is 80.8 Å². The van der Waals surface area contributed by atoms with E-state index in [4.69, 9.17) is 16.3 Å². The first-order valence-corrected chi connectivity index (χ1v) is 8.61. The van der Waals surface area contributed by atoms with Crippen LogP contribution >= 0.6 is 22.9 Å². The number of rotatable bonds is 5. The van der Waals surface area contributed by atoms with Gasteiger partial charge in [-0.1, -0.05) is 23.8 Å². The van der Waals surface area contributed by atoms with Crippen molar-refractivity contribution in [1.82, 2.24) is 4.90 Å². The average Bonchev–Trinajstić information content (AvgIpc) is 3.11. The zero-order valence-corrected chi connectivity index (χ0v) is 14.1. The third-order valence-corrected chi connectivity index (χ3v) is 5.37. The Bertz CT molecular complexity index is 715. The maximum atomic E-state index is 12.2. The molecule has 0 bridgehead atoms. The fourth-order valence-corrected chi connectivity index (χ4v) is 3.85. The molecule has 0 saturated carbocycles. The Morgan fingerprint density at radius 1 is 1.17 bits per heavy atom. The molecule has 126 valence electrons. The highest BCUT2D eigenvalue weighted by Crippen LogP contribution is 2.34. The number of esters is 1. The van der Waals surface area contributed by atoms with Crippen LogP contribution in [-0.2, 0) is 19.1 Å². The second-order valence-electron chi connectivity index (χ2n) is 5.61. The number of imide groups is 1. The molecular formula is C16H14ClNO5S. The highest BCUT2D eigenvalue weighted by atomic mass is 35.5. The number of hydrogen-bond acceptors (Lipinski definition) is 6. The molecule has 3 rings (SSSR count). The van der Waals surface area contributed by atoms with Crippen LogP contribution in [0.5, 0.6) is 0 Å². The molecule has 1 aliphatic carbocycles. The minimum atomic E-state index is -0.778. The van der Waals surface area contributed by atoms with E-state index in [-0.39, 0.29) is 29.4 Å². The minimum Gasteiger partial charge on any atom is -0.456 e. The molecule has 1 aliphatic heterocycles. The second kappa shape index (κ2) is 6.86. The zero-order valence-electron chi connectivity index (χ0n) is 12.6. The van der Waals surface area contributed by atoms with Crippen LogP contribution in [0.25, 0.3) is 0 Å². The number of amides is 2. The lowest BCUT2D eigenvalue weighted by Crippen LogP contribution is -2.37. The van der Waals surface area contributed by atoms with Crippen LogP contribution in [0.2, 0.25) is 4.34 Å². The molecule has 2 heterocycles. The SMILES string of the molecule is O=C(CN1C(=O)[C@H]2CC=CC[C@H]2C1=O)OCC(=O)c1ccc(Cl)s1. The number of allylic oxidation sites excluding steroid dienone is 2. The summed E-state index contributed by atoms with van der Waals surface area (Å²) < 4.78 is 5.36. The van der Waals surface area contributed by atoms with Gasteiger partial charge in [-0.05, 0) is 25.0 Å². The van der Waals surface area contributed by atoms with Gasteiger partial charge < -0.3 is 4.74 Å². The molecule has 1 fully saturated rings. The van der Waals surface area contributed by atoms with Gasteiger partial charge in [-0.3, -0.25) is 24.1 Å². The molecule has 2 aliphatic rings. The zero-order chi connectivity index (χ0) is 17.3. The van der Waals surface area contributed by atoms with Gasteiger partial charge >= 0.3 is 5.97 Å². The first-order valence-electron chi connectivity index (χ1n) is 7.41. The molecule has 1 saturated heterocycles. The van der Waals surface area contributed by atoms with Crippen molar-refractivity contribution in [1.29, 1.82) is 0 Å². The van der Waals surface area contributed by atoms with Gasteiger partial charge in [-0.15, -0.1) is 11.3 Å². The first-order chi connectivity index (χ1) is 11.5. The molecule has 2 atom stereocenters. The first kappa shape index (κ1) is 16.9. The summed E-state index contributed by atoms with van der Waals surface area (Å²) in [5.74, 6) is -2.61. The predicted octanol–water partition coefficient (Wildman–Crippen LogP) is 2.08. The summed E-state index contributed by atoms with van der Waals surface area (Å²) in [7, 11) is 0. The monoisotopic (exact) mass is 367 g/mol. The van der Waals surface area contributed by atoms with Crippen LogP contribution < -0.4 is 0 Å². The van der Waals surface area contributed by atoms with E-state index in [0.29, 0.717) is 22.1 Å². The van der Waals surface area contributed by atoms with E-state index in [1.807, 2.05) is 12.2 Å². The smallest absolute Gasteiger partial charge is 0.326 e. The summed E-state index contributed by atoms with van der Waals surface area (Å²) in [5.41, 5.74) is 0. The second-order valence-corrected chi connectivity index (χ2v) is 7.32. The van der Waals surface area contributed by atoms with Gasteiger partial charge in [0.15, 0.2) is 6.61 Å². The summed E-state index contributed by atoms with van der Waals surface area (Å²) in [4.78, 5) is 49.5. The number of hydrogen-bond donors (Lipinski definition) is 0. The molecule has 0 radical (unpaired) electrons. The molecule has 24 heavy (non-hydrogen) atoms. The highest BCUT2D eigenvalue weighted by Gasteiger charge is 2.47. The van der Waals surface area contributed by atoms with Crippen LogP contribution in [0, 0.1) is 11.8 Å². The number of ketones is 1. The van der Waals surface area contributed by atoms with Crippen molar-refractivity contribution in [2.24, 2.45) is 11.8 Å². The molecule has 0 unspecified atom stereocenters. The predicted molar refractivity (Wildman–Crippen MR) is 86.7 cm³/mol. The fourth-order valence-electron chi connectivity index (χ4n) is 2.88. The van der Waals surface area contributed by atoms with Crippen LogP contribution in [0.4, 0.5) is 0 Å². The standard InChI is InChI=1S/C16H14ClNO5S/c17-13-6-5-12(24-13)11(19)8-23-14(20)7-18-15(21)9-3-1-2-4-10(9)16(18)22/h1-2,5-6,9-10H,3-4,7-8H2/t9-,10+. The normalized spacial score (nSPS) is 22.6. The van der Waals surface area contributed by atoms with E-state index in [1.165, 1.54) is 0 Å². The van der Waals surface area contributed by atoms with E-state index in [9.17, 15) is 19.2 Å². The van der Waals surface area contributed by atoms with Gasteiger partial charge in [0.05, 0.1) is 21.0 Å². The number of fused-ring (bicyclic) bond motifs is 1. The van der Waals surface area contributed by atoms with Crippen molar-refractivity contribution in [3.63, 3.8) is 0 Å². The van der Waals surface area contributed by atoms with E-state index in [2.05, 4.69) is 0 Å². The van der Waals surface area contributed by atoms with Gasteiger partial charge in [-0.25, -0.2) is 0 Å². The Balaban J connectivity index is 1.54. The molecule has 6 nitrogen and oxygen atoms in total. The van der Waals surface area contributed by atoms with Gasteiger partial charge in [0.1, 0.15) is 6.54 Å². The molecule has 8 heteroatoms.